The molecule has 4 N–H and O–H groups in total. The summed E-state index contributed by atoms with van der Waals surface area (Å²) in [5.41, 5.74) is 2.59. The zero-order valence-electron chi connectivity index (χ0n) is 16.4. The summed E-state index contributed by atoms with van der Waals surface area (Å²) in [5, 5.41) is 30.7. The van der Waals surface area contributed by atoms with Crippen molar-refractivity contribution >= 4 is 29.0 Å². The number of hydrogen-bond acceptors (Lipinski definition) is 4. The Morgan fingerprint density at radius 3 is 2.52 bits per heavy atom. The number of nitrogens with zero attached hydrogens (tertiary/aromatic N) is 1. The highest BCUT2D eigenvalue weighted by Gasteiger charge is 2.20. The third-order valence-electron chi connectivity index (χ3n) is 4.97. The first kappa shape index (κ1) is 20.3. The number of fused-ring (bicyclic) bond motifs is 1. The number of amides is 1. The molecule has 0 spiro atoms. The first-order valence-electron chi connectivity index (χ1n) is 9.67. The lowest BCUT2D eigenvalue weighted by Crippen LogP contribution is -2.30. The molecule has 0 unspecified atom stereocenters. The molecule has 0 saturated carbocycles. The van der Waals surface area contributed by atoms with E-state index in [0.717, 1.165) is 11.1 Å². The Kier molecular flexibility index (Phi) is 5.77. The van der Waals surface area contributed by atoms with Gasteiger partial charge >= 0.3 is 0 Å². The second-order valence-electron chi connectivity index (χ2n) is 7.00. The number of hydrogen-bond donors (Lipinski definition) is 4. The molecule has 1 aromatic heterocycles. The van der Waals surface area contributed by atoms with Gasteiger partial charge in [-0.05, 0) is 41.5 Å². The van der Waals surface area contributed by atoms with Crippen LogP contribution in [0.4, 0.5) is 4.39 Å². The van der Waals surface area contributed by atoms with Crippen LogP contribution in [0.5, 0.6) is 5.75 Å². The van der Waals surface area contributed by atoms with Crippen molar-refractivity contribution in [1.82, 2.24) is 15.5 Å². The number of nitrogens with one attached hydrogen (secondary N) is 2. The van der Waals surface area contributed by atoms with Crippen molar-refractivity contribution < 1.29 is 19.4 Å². The Morgan fingerprint density at radius 1 is 1.06 bits per heavy atom. The van der Waals surface area contributed by atoms with Crippen LogP contribution in [-0.2, 0) is 0 Å². The lowest BCUT2D eigenvalue weighted by molar-refractivity contribution is 0.0913. The minimum atomic E-state index is -0.606. The van der Waals surface area contributed by atoms with Gasteiger partial charge in [-0.25, -0.2) is 4.39 Å². The van der Waals surface area contributed by atoms with Gasteiger partial charge in [-0.3, -0.25) is 9.89 Å². The first-order chi connectivity index (χ1) is 15.1. The molecule has 156 valence electrons. The van der Waals surface area contributed by atoms with Crippen LogP contribution in [0.3, 0.4) is 0 Å². The number of carbonyl (C=O) groups excluding carboxylic acids is 1. The molecule has 31 heavy (non-hydrogen) atoms. The smallest absolute Gasteiger partial charge is 0.255 e. The standard InChI is InChI=1S/C24H20FN3O3/c25-17-9-6-15(7-10-17)8-12-19-22-20(28-27-19)13-11-18(23(22)30)24(31)26-21(14-29)16-4-2-1-3-5-16/h1-13,21,29-30H,14H2,(H,26,31)(H,27,28)/b12-8+/t21-/m1/s1. The third kappa shape index (κ3) is 4.31. The summed E-state index contributed by atoms with van der Waals surface area (Å²) in [7, 11) is 0. The van der Waals surface area contributed by atoms with Gasteiger partial charge in [0.25, 0.3) is 5.91 Å². The van der Waals surface area contributed by atoms with E-state index in [1.54, 1.807) is 42.5 Å². The van der Waals surface area contributed by atoms with Crippen LogP contribution in [-0.4, -0.2) is 32.9 Å². The minimum absolute atomic E-state index is 0.0692. The molecule has 0 radical (unpaired) electrons. The number of aromatic amines is 1. The van der Waals surface area contributed by atoms with E-state index in [0.29, 0.717) is 16.6 Å². The van der Waals surface area contributed by atoms with Crippen LogP contribution in [0.2, 0.25) is 0 Å². The summed E-state index contributed by atoms with van der Waals surface area (Å²) in [5.74, 6) is -1.06. The van der Waals surface area contributed by atoms with Crippen molar-refractivity contribution in [3.8, 4) is 5.75 Å². The van der Waals surface area contributed by atoms with Crippen molar-refractivity contribution in [2.24, 2.45) is 0 Å². The van der Waals surface area contributed by atoms with E-state index in [1.165, 1.54) is 18.2 Å². The predicted molar refractivity (Wildman–Crippen MR) is 117 cm³/mol. The number of phenolic OH excluding ortho intramolecular Hbond substituents is 1. The van der Waals surface area contributed by atoms with Gasteiger partial charge in [0, 0.05) is 0 Å². The number of aliphatic hydroxyl groups is 1. The minimum Gasteiger partial charge on any atom is -0.506 e. The maximum Gasteiger partial charge on any atom is 0.255 e. The molecule has 0 aliphatic carbocycles. The van der Waals surface area contributed by atoms with E-state index in [9.17, 15) is 19.4 Å². The second kappa shape index (κ2) is 8.81. The van der Waals surface area contributed by atoms with Crippen LogP contribution in [0.15, 0.2) is 66.7 Å². The Balaban J connectivity index is 1.63. The summed E-state index contributed by atoms with van der Waals surface area (Å²) in [6.07, 6.45) is 3.41. The lowest BCUT2D eigenvalue weighted by Gasteiger charge is -2.17. The van der Waals surface area contributed by atoms with Crippen LogP contribution in [0, 0.1) is 5.82 Å². The summed E-state index contributed by atoms with van der Waals surface area (Å²) in [6, 6.07) is 17.6. The second-order valence-corrected chi connectivity index (χ2v) is 7.00. The van der Waals surface area contributed by atoms with Gasteiger partial charge in [-0.15, -0.1) is 0 Å². The molecule has 3 aromatic carbocycles. The molecule has 0 bridgehead atoms. The topological polar surface area (TPSA) is 98.2 Å². The Labute approximate surface area is 177 Å². The number of rotatable bonds is 6. The van der Waals surface area contributed by atoms with E-state index in [4.69, 9.17) is 0 Å². The lowest BCUT2D eigenvalue weighted by atomic mass is 10.0. The maximum absolute atomic E-state index is 13.1. The van der Waals surface area contributed by atoms with E-state index in [1.807, 2.05) is 18.2 Å². The fourth-order valence-electron chi connectivity index (χ4n) is 3.33. The summed E-state index contributed by atoms with van der Waals surface area (Å²) in [4.78, 5) is 12.8. The summed E-state index contributed by atoms with van der Waals surface area (Å²) >= 11 is 0. The number of halogens is 1. The molecule has 0 aliphatic heterocycles. The average molecular weight is 417 g/mol. The van der Waals surface area contributed by atoms with Crippen LogP contribution >= 0.6 is 0 Å². The molecule has 0 aliphatic rings. The molecule has 0 fully saturated rings. The van der Waals surface area contributed by atoms with Crippen molar-refractivity contribution in [3.63, 3.8) is 0 Å². The zero-order valence-corrected chi connectivity index (χ0v) is 16.4. The fraction of sp³-hybridized carbons (Fsp3) is 0.0833. The van der Waals surface area contributed by atoms with Crippen molar-refractivity contribution in [2.75, 3.05) is 6.61 Å². The molecule has 1 amide bonds. The van der Waals surface area contributed by atoms with Crippen LogP contribution in [0.1, 0.15) is 33.2 Å². The number of carbonyl (C=O) groups is 1. The maximum atomic E-state index is 13.1. The van der Waals surface area contributed by atoms with E-state index < -0.39 is 11.9 Å². The van der Waals surface area contributed by atoms with E-state index in [2.05, 4.69) is 15.5 Å². The molecule has 0 saturated heterocycles. The molecule has 4 rings (SSSR count). The highest BCUT2D eigenvalue weighted by molar-refractivity contribution is 6.05. The molecule has 1 atom stereocenters. The third-order valence-corrected chi connectivity index (χ3v) is 4.97. The monoisotopic (exact) mass is 417 g/mol. The first-order valence-corrected chi connectivity index (χ1v) is 9.67. The fourth-order valence-corrected chi connectivity index (χ4v) is 3.33. The average Bonchev–Trinajstić information content (AvgIpc) is 3.22. The van der Waals surface area contributed by atoms with Crippen molar-refractivity contribution in [1.29, 1.82) is 0 Å². The SMILES string of the molecule is O=C(N[C@H](CO)c1ccccc1)c1ccc2[nH]nc(/C=C/c3ccc(F)cc3)c2c1O. The summed E-state index contributed by atoms with van der Waals surface area (Å²) in [6.45, 7) is -0.282. The summed E-state index contributed by atoms with van der Waals surface area (Å²) < 4.78 is 13.1. The van der Waals surface area contributed by atoms with Crippen molar-refractivity contribution in [2.45, 2.75) is 6.04 Å². The van der Waals surface area contributed by atoms with Crippen LogP contribution in [0.25, 0.3) is 23.1 Å². The normalized spacial score (nSPS) is 12.3. The van der Waals surface area contributed by atoms with Gasteiger partial charge in [0.1, 0.15) is 11.6 Å². The number of aliphatic hydroxyl groups excluding tert-OH is 1. The molecule has 7 heteroatoms. The largest absolute Gasteiger partial charge is 0.506 e. The molecular formula is C24H20FN3O3. The van der Waals surface area contributed by atoms with Crippen LogP contribution < -0.4 is 5.32 Å². The predicted octanol–water partition coefficient (Wildman–Crippen LogP) is 4.04. The van der Waals surface area contributed by atoms with E-state index in [-0.39, 0.29) is 23.7 Å². The quantitative estimate of drug-likeness (QED) is 0.381. The van der Waals surface area contributed by atoms with Gasteiger partial charge in [0.2, 0.25) is 0 Å². The number of aromatic hydroxyl groups is 1. The van der Waals surface area contributed by atoms with Gasteiger partial charge in [-0.1, -0.05) is 48.5 Å². The Bertz CT molecular complexity index is 1230. The molecule has 6 nitrogen and oxygen atoms in total. The molecule has 4 aromatic rings. The highest BCUT2D eigenvalue weighted by Crippen LogP contribution is 2.31. The number of phenols is 1. The Hall–Kier alpha value is -3.97. The van der Waals surface area contributed by atoms with E-state index >= 15 is 0 Å². The number of H-pyrrole nitrogens is 1. The number of aromatic nitrogens is 2. The van der Waals surface area contributed by atoms with Crippen molar-refractivity contribution in [3.05, 3.63) is 94.9 Å². The van der Waals surface area contributed by atoms with Gasteiger partial charge in [0.05, 0.1) is 34.8 Å². The Morgan fingerprint density at radius 2 is 1.81 bits per heavy atom. The van der Waals surface area contributed by atoms with Gasteiger partial charge < -0.3 is 15.5 Å². The molecule has 1 heterocycles. The highest BCUT2D eigenvalue weighted by atomic mass is 19.1. The number of benzene rings is 3. The zero-order chi connectivity index (χ0) is 21.8. The molecular weight excluding hydrogens is 397 g/mol. The van der Waals surface area contributed by atoms with Gasteiger partial charge in [-0.2, -0.15) is 5.10 Å². The van der Waals surface area contributed by atoms with Gasteiger partial charge in [0.15, 0.2) is 0 Å².